The highest BCUT2D eigenvalue weighted by atomic mass is 32.2. The number of nitrogens with zero attached hydrogens (tertiary/aromatic N) is 3. The molecule has 1 aliphatic rings. The first kappa shape index (κ1) is 21.9. The zero-order chi connectivity index (χ0) is 21.3. The van der Waals surface area contributed by atoms with Gasteiger partial charge in [-0.2, -0.15) is 5.10 Å². The van der Waals surface area contributed by atoms with Crippen molar-refractivity contribution in [3.05, 3.63) is 59.7 Å². The molecule has 158 valence electrons. The Hall–Kier alpha value is -2.80. The molecule has 6 nitrogen and oxygen atoms in total. The zero-order valence-electron chi connectivity index (χ0n) is 17.6. The number of benzene rings is 2. The summed E-state index contributed by atoms with van der Waals surface area (Å²) in [6.07, 6.45) is 4.61. The van der Waals surface area contributed by atoms with Crippen molar-refractivity contribution in [3.8, 4) is 11.5 Å². The number of ether oxygens (including phenoxy) is 2. The highest BCUT2D eigenvalue weighted by Gasteiger charge is 2.37. The summed E-state index contributed by atoms with van der Waals surface area (Å²) in [4.78, 5) is 14.7. The molecular weight excluding hydrogens is 398 g/mol. The van der Waals surface area contributed by atoms with Gasteiger partial charge in [0.25, 0.3) is 0 Å². The van der Waals surface area contributed by atoms with Gasteiger partial charge in [0.2, 0.25) is 5.91 Å². The number of hydrogen-bond donors (Lipinski definition) is 0. The lowest BCUT2D eigenvalue weighted by atomic mass is 10.1. The van der Waals surface area contributed by atoms with Crippen molar-refractivity contribution >= 4 is 29.1 Å². The Morgan fingerprint density at radius 3 is 2.27 bits per heavy atom. The van der Waals surface area contributed by atoms with Crippen LogP contribution in [0.3, 0.4) is 0 Å². The van der Waals surface area contributed by atoms with Crippen molar-refractivity contribution in [1.82, 2.24) is 4.90 Å². The maximum absolute atomic E-state index is 13.0. The maximum atomic E-state index is 13.0. The second kappa shape index (κ2) is 10.8. The second-order valence-electron chi connectivity index (χ2n) is 6.92. The van der Waals surface area contributed by atoms with E-state index in [0.717, 1.165) is 41.9 Å². The van der Waals surface area contributed by atoms with Gasteiger partial charge in [0.15, 0.2) is 5.17 Å². The van der Waals surface area contributed by atoms with Crippen LogP contribution < -0.4 is 9.47 Å². The third-order valence-electron chi connectivity index (χ3n) is 4.81. The van der Waals surface area contributed by atoms with Crippen LogP contribution >= 0.6 is 11.8 Å². The molecule has 1 saturated heterocycles. The molecule has 30 heavy (non-hydrogen) atoms. The number of amidine groups is 1. The monoisotopic (exact) mass is 425 g/mol. The smallest absolute Gasteiger partial charge is 0.242 e. The van der Waals surface area contributed by atoms with E-state index in [9.17, 15) is 4.79 Å². The third kappa shape index (κ3) is 5.63. The van der Waals surface area contributed by atoms with E-state index in [4.69, 9.17) is 9.47 Å². The standard InChI is InChI=1S/C23H27N3O3S/c1-4-5-6-21-22(27)26(16-18-9-13-20(29-3)14-10-18)23(30-21)25-24-15-17-7-11-19(28-2)12-8-17/h7-15,21H,4-6,16H2,1-3H3/b24-15?,25-23-. The normalized spacial score (nSPS) is 17.8. The Bertz CT molecular complexity index is 895. The van der Waals surface area contributed by atoms with Gasteiger partial charge in [0, 0.05) is 0 Å². The van der Waals surface area contributed by atoms with E-state index in [1.807, 2.05) is 48.5 Å². The molecule has 0 aliphatic carbocycles. The van der Waals surface area contributed by atoms with E-state index in [1.54, 1.807) is 25.3 Å². The fourth-order valence-corrected chi connectivity index (χ4v) is 4.20. The summed E-state index contributed by atoms with van der Waals surface area (Å²) in [6.45, 7) is 2.60. The van der Waals surface area contributed by atoms with Crippen LogP contribution in [0.25, 0.3) is 0 Å². The van der Waals surface area contributed by atoms with Gasteiger partial charge < -0.3 is 9.47 Å². The number of rotatable bonds is 9. The van der Waals surface area contributed by atoms with Gasteiger partial charge in [-0.25, -0.2) is 0 Å². The summed E-state index contributed by atoms with van der Waals surface area (Å²) < 4.78 is 10.4. The van der Waals surface area contributed by atoms with E-state index in [1.165, 1.54) is 11.8 Å². The van der Waals surface area contributed by atoms with Gasteiger partial charge in [-0.1, -0.05) is 43.7 Å². The van der Waals surface area contributed by atoms with E-state index in [-0.39, 0.29) is 11.2 Å². The minimum Gasteiger partial charge on any atom is -0.497 e. The van der Waals surface area contributed by atoms with E-state index >= 15 is 0 Å². The zero-order valence-corrected chi connectivity index (χ0v) is 18.4. The van der Waals surface area contributed by atoms with E-state index < -0.39 is 0 Å². The van der Waals surface area contributed by atoms with Crippen LogP contribution in [0.4, 0.5) is 0 Å². The molecule has 0 radical (unpaired) electrons. The number of hydrogen-bond acceptors (Lipinski definition) is 6. The van der Waals surface area contributed by atoms with Gasteiger partial charge in [-0.05, 0) is 53.9 Å². The summed E-state index contributed by atoms with van der Waals surface area (Å²) in [5, 5.41) is 9.16. The average Bonchev–Trinajstić information content (AvgIpc) is 3.07. The van der Waals surface area contributed by atoms with Gasteiger partial charge in [-0.3, -0.25) is 9.69 Å². The number of unbranched alkanes of at least 4 members (excludes halogenated alkanes) is 1. The first-order chi connectivity index (χ1) is 14.6. The number of thioether (sulfide) groups is 1. The molecule has 1 amide bonds. The van der Waals surface area contributed by atoms with Crippen LogP contribution in [-0.4, -0.2) is 41.7 Å². The Labute approximate surface area is 182 Å². The quantitative estimate of drug-likeness (QED) is 0.430. The fourth-order valence-electron chi connectivity index (χ4n) is 3.05. The van der Waals surface area contributed by atoms with E-state index in [2.05, 4.69) is 17.1 Å². The molecule has 1 aliphatic heterocycles. The van der Waals surface area contributed by atoms with Crippen molar-refractivity contribution in [2.45, 2.75) is 38.0 Å². The molecule has 1 heterocycles. The summed E-state index contributed by atoms with van der Waals surface area (Å²) in [5.41, 5.74) is 1.94. The molecule has 0 bridgehead atoms. The SMILES string of the molecule is CCCCC1S/C(=N\N=Cc2ccc(OC)cc2)N(Cc2ccc(OC)cc2)C1=O. The number of methoxy groups -OCH3 is 2. The third-order valence-corrected chi connectivity index (χ3v) is 6.04. The lowest BCUT2D eigenvalue weighted by Gasteiger charge is -2.16. The van der Waals surface area contributed by atoms with Gasteiger partial charge in [0.05, 0.1) is 32.2 Å². The predicted octanol–water partition coefficient (Wildman–Crippen LogP) is 4.73. The largest absolute Gasteiger partial charge is 0.497 e. The average molecular weight is 426 g/mol. The van der Waals surface area contributed by atoms with Crippen LogP contribution in [0, 0.1) is 0 Å². The number of amides is 1. The maximum Gasteiger partial charge on any atom is 0.242 e. The number of carbonyl (C=O) groups is 1. The lowest BCUT2D eigenvalue weighted by Crippen LogP contribution is -2.31. The van der Waals surface area contributed by atoms with Crippen LogP contribution in [-0.2, 0) is 11.3 Å². The van der Waals surface area contributed by atoms with Gasteiger partial charge in [-0.15, -0.1) is 5.10 Å². The Balaban J connectivity index is 1.77. The highest BCUT2D eigenvalue weighted by molar-refractivity contribution is 8.15. The molecule has 3 rings (SSSR count). The molecule has 7 heteroatoms. The summed E-state index contributed by atoms with van der Waals surface area (Å²) >= 11 is 1.50. The van der Waals surface area contributed by atoms with Crippen molar-refractivity contribution in [2.24, 2.45) is 10.2 Å². The molecule has 2 aromatic rings. The van der Waals surface area contributed by atoms with Gasteiger partial charge >= 0.3 is 0 Å². The summed E-state index contributed by atoms with van der Waals surface area (Å²) in [5.74, 6) is 1.68. The van der Waals surface area contributed by atoms with Crippen molar-refractivity contribution in [1.29, 1.82) is 0 Å². The molecule has 0 saturated carbocycles. The molecule has 2 aromatic carbocycles. The molecule has 0 spiro atoms. The van der Waals surface area contributed by atoms with Crippen LogP contribution in [0.1, 0.15) is 37.3 Å². The molecule has 1 fully saturated rings. The van der Waals surface area contributed by atoms with Crippen LogP contribution in [0.2, 0.25) is 0 Å². The first-order valence-electron chi connectivity index (χ1n) is 10.0. The van der Waals surface area contributed by atoms with E-state index in [0.29, 0.717) is 11.7 Å². The molecule has 1 unspecified atom stereocenters. The fraction of sp³-hybridized carbons (Fsp3) is 0.348. The Kier molecular flexibility index (Phi) is 7.90. The minimum absolute atomic E-state index is 0.0989. The molecular formula is C23H27N3O3S. The molecule has 0 aromatic heterocycles. The number of carbonyl (C=O) groups excluding carboxylic acids is 1. The Morgan fingerprint density at radius 1 is 1.03 bits per heavy atom. The van der Waals surface area contributed by atoms with Crippen molar-refractivity contribution < 1.29 is 14.3 Å². The Morgan fingerprint density at radius 2 is 1.67 bits per heavy atom. The predicted molar refractivity (Wildman–Crippen MR) is 122 cm³/mol. The molecule has 1 atom stereocenters. The summed E-state index contributed by atoms with van der Waals surface area (Å²) in [6, 6.07) is 15.3. The minimum atomic E-state index is -0.0989. The second-order valence-corrected chi connectivity index (χ2v) is 8.09. The van der Waals surface area contributed by atoms with Crippen LogP contribution in [0.15, 0.2) is 58.7 Å². The van der Waals surface area contributed by atoms with Crippen molar-refractivity contribution in [2.75, 3.05) is 14.2 Å². The summed E-state index contributed by atoms with van der Waals surface area (Å²) in [7, 11) is 3.27. The van der Waals surface area contributed by atoms with Crippen LogP contribution in [0.5, 0.6) is 11.5 Å². The first-order valence-corrected chi connectivity index (χ1v) is 10.9. The van der Waals surface area contributed by atoms with Crippen molar-refractivity contribution in [3.63, 3.8) is 0 Å². The van der Waals surface area contributed by atoms with Gasteiger partial charge in [0.1, 0.15) is 11.5 Å². The topological polar surface area (TPSA) is 63.5 Å². The molecule has 0 N–H and O–H groups in total. The lowest BCUT2D eigenvalue weighted by molar-refractivity contribution is -0.126. The highest BCUT2D eigenvalue weighted by Crippen LogP contribution is 2.32.